The van der Waals surface area contributed by atoms with Crippen LogP contribution >= 0.6 is 11.8 Å². The number of rotatable bonds is 4. The van der Waals surface area contributed by atoms with E-state index in [1.807, 2.05) is 0 Å². The van der Waals surface area contributed by atoms with E-state index in [1.54, 1.807) is 0 Å². The Labute approximate surface area is 136 Å². The Morgan fingerprint density at radius 1 is 1.38 bits per heavy atom. The van der Waals surface area contributed by atoms with Gasteiger partial charge in [-0.3, -0.25) is 9.59 Å². The quantitative estimate of drug-likeness (QED) is 0.488. The van der Waals surface area contributed by atoms with Crippen LogP contribution in [0.4, 0.5) is 17.6 Å². The van der Waals surface area contributed by atoms with Crippen LogP contribution in [0.2, 0.25) is 0 Å². The van der Waals surface area contributed by atoms with Crippen LogP contribution in [0.25, 0.3) is 0 Å². The van der Waals surface area contributed by atoms with Gasteiger partial charge in [-0.15, -0.1) is 5.10 Å². The van der Waals surface area contributed by atoms with Gasteiger partial charge in [0.1, 0.15) is 11.1 Å². The van der Waals surface area contributed by atoms with E-state index >= 15 is 0 Å². The van der Waals surface area contributed by atoms with E-state index in [4.69, 9.17) is 5.11 Å². The minimum absolute atomic E-state index is 0.00921. The third kappa shape index (κ3) is 4.78. The minimum Gasteiger partial charge on any atom is -0.481 e. The molecule has 1 aromatic rings. The fourth-order valence-corrected chi connectivity index (χ4v) is 2.66. The second-order valence-electron chi connectivity index (χ2n) is 4.61. The van der Waals surface area contributed by atoms with Crippen molar-refractivity contribution in [2.24, 2.45) is 10.2 Å². The summed E-state index contributed by atoms with van der Waals surface area (Å²) in [5.41, 5.74) is -1.33. The van der Waals surface area contributed by atoms with Crippen molar-refractivity contribution in [1.29, 1.82) is 0 Å². The normalized spacial score (nSPS) is 19.9. The topological polar surface area (TPSA) is 91.1 Å². The number of benzene rings is 1. The second-order valence-corrected chi connectivity index (χ2v) is 5.81. The molecule has 1 unspecified atom stereocenters. The number of nitrogens with zero attached hydrogens (tertiary/aromatic N) is 2. The second kappa shape index (κ2) is 6.99. The lowest BCUT2D eigenvalue weighted by Gasteiger charge is -2.07. The molecule has 1 fully saturated rings. The molecular formula is C13H9F4N3O3S. The molecule has 1 saturated heterocycles. The third-order valence-corrected chi connectivity index (χ3v) is 3.81. The number of carbonyl (C=O) groups is 2. The van der Waals surface area contributed by atoms with E-state index in [2.05, 4.69) is 15.5 Å². The van der Waals surface area contributed by atoms with E-state index in [1.165, 1.54) is 0 Å². The number of amides is 1. The smallest absolute Gasteiger partial charge is 0.416 e. The van der Waals surface area contributed by atoms with Crippen molar-refractivity contribution in [3.05, 3.63) is 35.1 Å². The van der Waals surface area contributed by atoms with Crippen molar-refractivity contribution in [3.8, 4) is 0 Å². The summed E-state index contributed by atoms with van der Waals surface area (Å²) in [5.74, 6) is -2.79. The minimum atomic E-state index is -4.70. The SMILES string of the molecule is O=C(O)CC1SC(=NN=Cc2cc(F)cc(C(F)(F)F)c2)NC1=O. The Bertz CT molecular complexity index is 734. The van der Waals surface area contributed by atoms with Gasteiger partial charge in [0.05, 0.1) is 18.2 Å². The summed E-state index contributed by atoms with van der Waals surface area (Å²) in [7, 11) is 0. The molecule has 0 aliphatic carbocycles. The first-order valence-electron chi connectivity index (χ1n) is 6.33. The summed E-state index contributed by atoms with van der Waals surface area (Å²) < 4.78 is 50.9. The van der Waals surface area contributed by atoms with Crippen LogP contribution in [-0.4, -0.2) is 33.6 Å². The molecule has 2 N–H and O–H groups in total. The predicted molar refractivity (Wildman–Crippen MR) is 78.2 cm³/mol. The molecule has 1 aliphatic rings. The molecule has 1 aromatic carbocycles. The first-order valence-corrected chi connectivity index (χ1v) is 7.21. The van der Waals surface area contributed by atoms with Crippen LogP contribution in [-0.2, 0) is 15.8 Å². The van der Waals surface area contributed by atoms with Gasteiger partial charge in [-0.25, -0.2) is 4.39 Å². The third-order valence-electron chi connectivity index (χ3n) is 2.74. The number of halogens is 4. The van der Waals surface area contributed by atoms with Gasteiger partial charge in [0.15, 0.2) is 5.17 Å². The average Bonchev–Trinajstić information content (AvgIpc) is 2.77. The highest BCUT2D eigenvalue weighted by atomic mass is 32.2. The maximum Gasteiger partial charge on any atom is 0.416 e. The highest BCUT2D eigenvalue weighted by molar-refractivity contribution is 8.15. The highest BCUT2D eigenvalue weighted by Gasteiger charge is 2.32. The fourth-order valence-electron chi connectivity index (χ4n) is 1.74. The highest BCUT2D eigenvalue weighted by Crippen LogP contribution is 2.30. The van der Waals surface area contributed by atoms with Crippen LogP contribution in [0.5, 0.6) is 0 Å². The van der Waals surface area contributed by atoms with Crippen LogP contribution in [0.15, 0.2) is 28.4 Å². The molecule has 0 aromatic heterocycles. The van der Waals surface area contributed by atoms with E-state index in [9.17, 15) is 27.2 Å². The van der Waals surface area contributed by atoms with E-state index in [0.717, 1.165) is 24.0 Å². The lowest BCUT2D eigenvalue weighted by molar-refractivity contribution is -0.138. The molecule has 128 valence electrons. The van der Waals surface area contributed by atoms with Crippen LogP contribution < -0.4 is 5.32 Å². The molecule has 1 atom stereocenters. The van der Waals surface area contributed by atoms with Crippen molar-refractivity contribution in [2.45, 2.75) is 17.8 Å². The summed E-state index contributed by atoms with van der Waals surface area (Å²) in [4.78, 5) is 22.0. The van der Waals surface area contributed by atoms with Crippen molar-refractivity contribution in [2.75, 3.05) is 0 Å². The molecule has 0 spiro atoms. The van der Waals surface area contributed by atoms with Crippen molar-refractivity contribution in [1.82, 2.24) is 5.32 Å². The number of carboxylic acids is 1. The maximum absolute atomic E-state index is 13.2. The molecule has 0 bridgehead atoms. The first kappa shape index (κ1) is 17.9. The van der Waals surface area contributed by atoms with Gasteiger partial charge in [0.25, 0.3) is 0 Å². The van der Waals surface area contributed by atoms with Gasteiger partial charge >= 0.3 is 12.1 Å². The average molecular weight is 363 g/mol. The van der Waals surface area contributed by atoms with Crippen molar-refractivity contribution < 1.29 is 32.3 Å². The number of carbonyl (C=O) groups excluding carboxylic acids is 1. The summed E-state index contributed by atoms with van der Waals surface area (Å²) >= 11 is 0.833. The molecular weight excluding hydrogens is 354 g/mol. The number of hydrogen-bond acceptors (Lipinski definition) is 5. The van der Waals surface area contributed by atoms with Gasteiger partial charge < -0.3 is 10.4 Å². The number of amidine groups is 1. The number of hydrogen-bond donors (Lipinski definition) is 2. The molecule has 1 heterocycles. The number of nitrogens with one attached hydrogen (secondary N) is 1. The summed E-state index contributed by atoms with van der Waals surface area (Å²) in [6.45, 7) is 0. The fraction of sp³-hybridized carbons (Fsp3) is 0.231. The van der Waals surface area contributed by atoms with E-state index < -0.39 is 41.1 Å². The van der Waals surface area contributed by atoms with Gasteiger partial charge in [0.2, 0.25) is 5.91 Å². The van der Waals surface area contributed by atoms with Crippen LogP contribution in [0, 0.1) is 5.82 Å². The van der Waals surface area contributed by atoms with Gasteiger partial charge in [-0.05, 0) is 23.8 Å². The maximum atomic E-state index is 13.2. The zero-order valence-electron chi connectivity index (χ0n) is 11.7. The molecule has 0 radical (unpaired) electrons. The standard InChI is InChI=1S/C13H9F4N3O3S/c14-8-2-6(1-7(3-8)13(15,16)17)5-18-20-12-19-11(23)9(24-12)4-10(21)22/h1-3,5,9H,4H2,(H,21,22)(H,19,20,23). The van der Waals surface area contributed by atoms with E-state index in [-0.39, 0.29) is 10.7 Å². The summed E-state index contributed by atoms with van der Waals surface area (Å²) in [6, 6.07) is 1.89. The summed E-state index contributed by atoms with van der Waals surface area (Å²) in [5, 5.41) is 17.1. The molecule has 2 rings (SSSR count). The molecule has 1 amide bonds. The van der Waals surface area contributed by atoms with Crippen molar-refractivity contribution in [3.63, 3.8) is 0 Å². The van der Waals surface area contributed by atoms with Crippen molar-refractivity contribution >= 4 is 35.0 Å². The Hall–Kier alpha value is -2.43. The number of alkyl halides is 3. The molecule has 1 aliphatic heterocycles. The molecule has 6 nitrogen and oxygen atoms in total. The Balaban J connectivity index is 2.11. The largest absolute Gasteiger partial charge is 0.481 e. The number of aliphatic carboxylic acids is 1. The zero-order valence-corrected chi connectivity index (χ0v) is 12.5. The Morgan fingerprint density at radius 3 is 2.71 bits per heavy atom. The lowest BCUT2D eigenvalue weighted by Crippen LogP contribution is -2.26. The molecule has 24 heavy (non-hydrogen) atoms. The molecule has 0 saturated carbocycles. The van der Waals surface area contributed by atoms with Crippen LogP contribution in [0.1, 0.15) is 17.5 Å². The number of thioether (sulfide) groups is 1. The molecule has 11 heteroatoms. The van der Waals surface area contributed by atoms with Gasteiger partial charge in [-0.1, -0.05) is 11.8 Å². The summed E-state index contributed by atoms with van der Waals surface area (Å²) in [6.07, 6.45) is -4.21. The van der Waals surface area contributed by atoms with E-state index in [0.29, 0.717) is 12.1 Å². The Kier molecular flexibility index (Phi) is 5.22. The lowest BCUT2D eigenvalue weighted by atomic mass is 10.1. The van der Waals surface area contributed by atoms with Gasteiger partial charge in [0, 0.05) is 0 Å². The monoisotopic (exact) mass is 363 g/mol. The zero-order chi connectivity index (χ0) is 17.9. The predicted octanol–water partition coefficient (Wildman–Crippen LogP) is 2.24. The number of carboxylic acid groups (broad SMARTS) is 1. The Morgan fingerprint density at radius 2 is 2.08 bits per heavy atom. The van der Waals surface area contributed by atoms with Gasteiger partial charge in [-0.2, -0.15) is 18.3 Å². The first-order chi connectivity index (χ1) is 11.1. The van der Waals surface area contributed by atoms with Crippen LogP contribution in [0.3, 0.4) is 0 Å².